The van der Waals surface area contributed by atoms with Crippen LogP contribution in [0.25, 0.3) is 0 Å². The highest BCUT2D eigenvalue weighted by molar-refractivity contribution is 6.09. The van der Waals surface area contributed by atoms with E-state index in [-0.39, 0.29) is 0 Å². The summed E-state index contributed by atoms with van der Waals surface area (Å²) < 4.78 is 77.4. The number of alkyl halides is 6. The molecule has 4 nitrogen and oxygen atoms in total. The molecule has 1 heterocycles. The molecule has 0 bridgehead atoms. The van der Waals surface area contributed by atoms with Crippen molar-refractivity contribution < 1.29 is 41.0 Å². The van der Waals surface area contributed by atoms with Crippen LogP contribution in [0.5, 0.6) is 0 Å². The third kappa shape index (κ3) is 5.36. The number of halogens is 6. The molecule has 0 saturated heterocycles. The Morgan fingerprint density at radius 1 is 1.00 bits per heavy atom. The van der Waals surface area contributed by atoms with Gasteiger partial charge < -0.3 is 9.67 Å². The van der Waals surface area contributed by atoms with E-state index >= 15 is 0 Å². The van der Waals surface area contributed by atoms with E-state index < -0.39 is 46.5 Å². The Kier molecular flexibility index (Phi) is 6.24. The molecule has 0 spiro atoms. The minimum absolute atomic E-state index is 0.456. The molecule has 0 unspecified atom stereocenters. The highest BCUT2D eigenvalue weighted by Gasteiger charge is 2.38. The Morgan fingerprint density at radius 3 is 2.00 bits per heavy atom. The maximum absolute atomic E-state index is 12.9. The van der Waals surface area contributed by atoms with Crippen LogP contribution >= 0.6 is 0 Å². The van der Waals surface area contributed by atoms with Crippen molar-refractivity contribution in [2.45, 2.75) is 19.3 Å². The van der Waals surface area contributed by atoms with Gasteiger partial charge in [0.25, 0.3) is 5.97 Å². The van der Waals surface area contributed by atoms with Gasteiger partial charge in [-0.1, -0.05) is 12.1 Å². The molecule has 0 aliphatic carbocycles. The number of carboxylic acid groups (broad SMARTS) is 1. The molecule has 0 amide bonds. The second-order valence-electron chi connectivity index (χ2n) is 5.11. The molecule has 1 N–H and O–H groups in total. The van der Waals surface area contributed by atoms with Crippen molar-refractivity contribution in [3.05, 3.63) is 58.9 Å². The molecule has 0 atom stereocenters. The summed E-state index contributed by atoms with van der Waals surface area (Å²) in [6.45, 7) is 1.08. The Morgan fingerprint density at radius 2 is 1.54 bits per heavy atom. The number of hydrogen-bond donors (Lipinski definition) is 1. The lowest BCUT2D eigenvalue weighted by Gasteiger charge is -2.11. The zero-order valence-electron chi connectivity index (χ0n) is 13.4. The fourth-order valence-corrected chi connectivity index (χ4v) is 2.01. The van der Waals surface area contributed by atoms with Crippen LogP contribution in [0.2, 0.25) is 0 Å². The number of carboxylic acids is 1. The average Bonchev–Trinajstić information content (AvgIpc) is 2.87. The van der Waals surface area contributed by atoms with Gasteiger partial charge in [0, 0.05) is 25.7 Å². The largest absolute Gasteiger partial charge is 0.481 e. The van der Waals surface area contributed by atoms with Gasteiger partial charge in [-0.25, -0.2) is 0 Å². The van der Waals surface area contributed by atoms with Gasteiger partial charge >= 0.3 is 12.4 Å². The summed E-state index contributed by atoms with van der Waals surface area (Å²) in [6.07, 6.45) is -8.42. The fraction of sp³-hybridized carbons (Fsp3) is 0.250. The van der Waals surface area contributed by atoms with Crippen molar-refractivity contribution in [1.29, 1.82) is 0 Å². The summed E-state index contributed by atoms with van der Waals surface area (Å²) in [5.41, 5.74) is -3.44. The highest BCUT2D eigenvalue weighted by atomic mass is 19.4. The highest BCUT2D eigenvalue weighted by Crippen LogP contribution is 2.34. The lowest BCUT2D eigenvalue weighted by molar-refractivity contribution is -0.138. The first-order chi connectivity index (χ1) is 11.7. The quantitative estimate of drug-likeness (QED) is 0.620. The Labute approximate surface area is 143 Å². The summed E-state index contributed by atoms with van der Waals surface area (Å²) in [5.74, 6) is -1.95. The molecule has 0 saturated carbocycles. The van der Waals surface area contributed by atoms with Gasteiger partial charge in [-0.3, -0.25) is 9.59 Å². The van der Waals surface area contributed by atoms with Crippen molar-refractivity contribution >= 4 is 11.8 Å². The molecule has 0 aliphatic rings. The maximum Gasteiger partial charge on any atom is 0.418 e. The molecule has 10 heteroatoms. The minimum Gasteiger partial charge on any atom is -0.481 e. The van der Waals surface area contributed by atoms with Gasteiger partial charge in [0.05, 0.1) is 11.1 Å². The molecule has 2 aromatic rings. The van der Waals surface area contributed by atoms with E-state index in [1.807, 2.05) is 0 Å². The summed E-state index contributed by atoms with van der Waals surface area (Å²) >= 11 is 0. The van der Waals surface area contributed by atoms with Crippen molar-refractivity contribution in [3.63, 3.8) is 0 Å². The van der Waals surface area contributed by atoms with E-state index in [0.717, 1.165) is 35.9 Å². The van der Waals surface area contributed by atoms with Gasteiger partial charge in [0.1, 0.15) is 5.69 Å². The second kappa shape index (κ2) is 7.63. The molecule has 0 aliphatic heterocycles. The predicted molar refractivity (Wildman–Crippen MR) is 78.6 cm³/mol. The number of carbonyl (C=O) groups is 2. The van der Waals surface area contributed by atoms with E-state index in [9.17, 15) is 31.1 Å². The molecule has 26 heavy (non-hydrogen) atoms. The third-order valence-electron chi connectivity index (χ3n) is 3.05. The first kappa shape index (κ1) is 21.3. The van der Waals surface area contributed by atoms with Crippen molar-refractivity contribution in [3.8, 4) is 0 Å². The topological polar surface area (TPSA) is 59.3 Å². The Balaban J connectivity index is 0.000000765. The molecule has 2 rings (SSSR count). The number of nitrogens with zero attached hydrogens (tertiary/aromatic N) is 1. The molecular weight excluding hydrogens is 368 g/mol. The van der Waals surface area contributed by atoms with Crippen LogP contribution in [0, 0.1) is 0 Å². The van der Waals surface area contributed by atoms with E-state index in [4.69, 9.17) is 9.90 Å². The second-order valence-corrected chi connectivity index (χ2v) is 5.11. The summed E-state index contributed by atoms with van der Waals surface area (Å²) in [5, 5.41) is 7.42. The van der Waals surface area contributed by atoms with Crippen LogP contribution < -0.4 is 0 Å². The minimum atomic E-state index is -4.77. The number of benzene rings is 1. The normalized spacial score (nSPS) is 11.5. The SMILES string of the molecule is CC(=O)O.Cn1ccc(C(F)(F)F)c1C(=O)c1cccc(C(F)(F)F)c1. The number of hydrogen-bond acceptors (Lipinski definition) is 2. The fourth-order valence-electron chi connectivity index (χ4n) is 2.01. The van der Waals surface area contributed by atoms with Gasteiger partial charge in [-0.2, -0.15) is 26.3 Å². The number of aryl methyl sites for hydroxylation is 1. The zero-order valence-corrected chi connectivity index (χ0v) is 13.4. The lowest BCUT2D eigenvalue weighted by atomic mass is 10.0. The smallest absolute Gasteiger partial charge is 0.418 e. The van der Waals surface area contributed by atoms with Crippen LogP contribution in [-0.2, 0) is 24.2 Å². The van der Waals surface area contributed by atoms with Gasteiger partial charge in [0.15, 0.2) is 0 Å². The van der Waals surface area contributed by atoms with Crippen LogP contribution in [-0.4, -0.2) is 21.4 Å². The average molecular weight is 381 g/mol. The number of ketones is 1. The number of carbonyl (C=O) groups excluding carboxylic acids is 1. The Bertz CT molecular complexity index is 801. The van der Waals surface area contributed by atoms with Gasteiger partial charge in [0.2, 0.25) is 5.78 Å². The van der Waals surface area contributed by atoms with Crippen LogP contribution in [0.1, 0.15) is 34.1 Å². The lowest BCUT2D eigenvalue weighted by Crippen LogP contribution is -2.16. The monoisotopic (exact) mass is 381 g/mol. The molecule has 0 radical (unpaired) electrons. The summed E-state index contributed by atoms with van der Waals surface area (Å²) in [4.78, 5) is 21.2. The third-order valence-corrected chi connectivity index (χ3v) is 3.05. The van der Waals surface area contributed by atoms with Gasteiger partial charge in [-0.05, 0) is 18.2 Å². The van der Waals surface area contributed by atoms with Crippen molar-refractivity contribution in [1.82, 2.24) is 4.57 Å². The summed E-state index contributed by atoms with van der Waals surface area (Å²) in [6, 6.07) is 4.01. The Hall–Kier alpha value is -2.78. The van der Waals surface area contributed by atoms with Crippen LogP contribution in [0.3, 0.4) is 0 Å². The number of rotatable bonds is 2. The molecular formula is C16H13F6NO3. The molecule has 142 valence electrons. The molecule has 1 aromatic carbocycles. The van der Waals surface area contributed by atoms with E-state index in [0.29, 0.717) is 12.1 Å². The predicted octanol–water partition coefficient (Wildman–Crippen LogP) is 4.38. The first-order valence-electron chi connectivity index (χ1n) is 6.89. The standard InChI is InChI=1S/C14H9F6NO.C2H4O2/c1-21-6-5-10(14(18,19)20)11(21)12(22)8-3-2-4-9(7-8)13(15,16)17;1-2(3)4/h2-7H,1H3;1H3,(H,3,4). The van der Waals surface area contributed by atoms with E-state index in [1.54, 1.807) is 0 Å². The number of aromatic nitrogens is 1. The van der Waals surface area contributed by atoms with Crippen LogP contribution in [0.15, 0.2) is 36.5 Å². The zero-order chi connectivity index (χ0) is 20.3. The first-order valence-corrected chi connectivity index (χ1v) is 6.89. The molecule has 1 aromatic heterocycles. The molecule has 0 fully saturated rings. The van der Waals surface area contributed by atoms with E-state index in [1.165, 1.54) is 7.05 Å². The van der Waals surface area contributed by atoms with Crippen molar-refractivity contribution in [2.75, 3.05) is 0 Å². The summed E-state index contributed by atoms with van der Waals surface area (Å²) in [7, 11) is 1.22. The van der Waals surface area contributed by atoms with Gasteiger partial charge in [-0.15, -0.1) is 0 Å². The van der Waals surface area contributed by atoms with E-state index in [2.05, 4.69) is 0 Å². The number of aliphatic carboxylic acids is 1. The maximum atomic E-state index is 12.9. The van der Waals surface area contributed by atoms with Crippen molar-refractivity contribution in [2.24, 2.45) is 7.05 Å². The van der Waals surface area contributed by atoms with Crippen LogP contribution in [0.4, 0.5) is 26.3 Å².